The largest absolute Gasteiger partial charge is 0.267 e. The van der Waals surface area contributed by atoms with Crippen molar-refractivity contribution in [2.24, 2.45) is 7.05 Å². The average molecular weight is 240 g/mol. The molecule has 1 heterocycles. The minimum Gasteiger partial charge on any atom is -0.267 e. The summed E-state index contributed by atoms with van der Waals surface area (Å²) in [6, 6.07) is 5.14. The van der Waals surface area contributed by atoms with Gasteiger partial charge in [0.05, 0.1) is 5.69 Å². The van der Waals surface area contributed by atoms with Gasteiger partial charge in [0.15, 0.2) is 0 Å². The van der Waals surface area contributed by atoms with E-state index in [-0.39, 0.29) is 5.56 Å². The van der Waals surface area contributed by atoms with Gasteiger partial charge in [-0.2, -0.15) is 5.10 Å². The van der Waals surface area contributed by atoms with Crippen molar-refractivity contribution in [3.63, 3.8) is 0 Å². The lowest BCUT2D eigenvalue weighted by Crippen LogP contribution is -1.96. The molecule has 16 heavy (non-hydrogen) atoms. The van der Waals surface area contributed by atoms with Crippen LogP contribution in [0.1, 0.15) is 0 Å². The summed E-state index contributed by atoms with van der Waals surface area (Å²) in [6.45, 7) is 0. The Kier molecular flexibility index (Phi) is 2.96. The van der Waals surface area contributed by atoms with Crippen molar-refractivity contribution in [3.05, 3.63) is 35.9 Å². The second kappa shape index (κ2) is 4.25. The molecule has 0 N–H and O–H groups in total. The predicted molar refractivity (Wildman–Crippen MR) is 60.3 cm³/mol. The van der Waals surface area contributed by atoms with E-state index in [4.69, 9.17) is 0 Å². The topological polar surface area (TPSA) is 17.8 Å². The maximum absolute atomic E-state index is 13.5. The van der Waals surface area contributed by atoms with Gasteiger partial charge in [-0.25, -0.2) is 8.78 Å². The van der Waals surface area contributed by atoms with Crippen molar-refractivity contribution in [2.75, 3.05) is 6.26 Å². The van der Waals surface area contributed by atoms with Crippen LogP contribution in [0, 0.1) is 11.6 Å². The third kappa shape index (κ3) is 1.95. The number of thioether (sulfide) groups is 1. The summed E-state index contributed by atoms with van der Waals surface area (Å²) in [5.74, 6) is -0.902. The first-order valence-electron chi connectivity index (χ1n) is 4.65. The molecule has 0 radical (unpaired) electrons. The summed E-state index contributed by atoms with van der Waals surface area (Å²) in [6.07, 6.45) is 1.88. The fraction of sp³-hybridized carbons (Fsp3) is 0.182. The molecule has 0 aliphatic carbocycles. The number of hydrogen-bond acceptors (Lipinski definition) is 2. The number of hydrogen-bond donors (Lipinski definition) is 0. The smallest absolute Gasteiger partial charge is 0.132 e. The summed E-state index contributed by atoms with van der Waals surface area (Å²) >= 11 is 1.46. The first kappa shape index (κ1) is 11.1. The maximum atomic E-state index is 13.5. The Bertz CT molecular complexity index is 523. The maximum Gasteiger partial charge on any atom is 0.132 e. The predicted octanol–water partition coefficient (Wildman–Crippen LogP) is 3.09. The summed E-state index contributed by atoms with van der Waals surface area (Å²) in [5, 5.41) is 4.95. The van der Waals surface area contributed by atoms with Crippen LogP contribution in [-0.2, 0) is 7.05 Å². The van der Waals surface area contributed by atoms with Crippen LogP contribution in [0.25, 0.3) is 11.3 Å². The van der Waals surface area contributed by atoms with Gasteiger partial charge in [-0.1, -0.05) is 0 Å². The quantitative estimate of drug-likeness (QED) is 0.751. The molecule has 1 aromatic heterocycles. The molecule has 0 amide bonds. The van der Waals surface area contributed by atoms with E-state index < -0.39 is 11.6 Å². The Morgan fingerprint density at radius 2 is 2.00 bits per heavy atom. The van der Waals surface area contributed by atoms with Crippen LogP contribution < -0.4 is 0 Å². The molecule has 2 rings (SSSR count). The third-order valence-electron chi connectivity index (χ3n) is 2.27. The van der Waals surface area contributed by atoms with Crippen molar-refractivity contribution in [1.82, 2.24) is 9.78 Å². The molecule has 0 atom stereocenters. The average Bonchev–Trinajstić information content (AvgIpc) is 2.63. The third-order valence-corrected chi connectivity index (χ3v) is 2.89. The lowest BCUT2D eigenvalue weighted by atomic mass is 10.1. The lowest BCUT2D eigenvalue weighted by Gasteiger charge is -2.03. The molecule has 84 valence electrons. The molecular formula is C11H10F2N2S. The van der Waals surface area contributed by atoms with Crippen molar-refractivity contribution < 1.29 is 8.78 Å². The van der Waals surface area contributed by atoms with Crippen molar-refractivity contribution in [3.8, 4) is 11.3 Å². The van der Waals surface area contributed by atoms with Crippen LogP contribution in [0.15, 0.2) is 29.3 Å². The van der Waals surface area contributed by atoms with E-state index in [9.17, 15) is 8.78 Å². The summed E-state index contributed by atoms with van der Waals surface area (Å²) in [5.41, 5.74) is 0.802. The Balaban J connectivity index is 2.57. The van der Waals surface area contributed by atoms with Gasteiger partial charge >= 0.3 is 0 Å². The minimum absolute atomic E-state index is 0.232. The zero-order valence-corrected chi connectivity index (χ0v) is 9.68. The SMILES string of the molecule is CSc1cc(-c2cc(F)ccc2F)n(C)n1. The lowest BCUT2D eigenvalue weighted by molar-refractivity contribution is 0.601. The van der Waals surface area contributed by atoms with Gasteiger partial charge in [-0.05, 0) is 30.5 Å². The number of aromatic nitrogens is 2. The molecule has 1 aromatic carbocycles. The van der Waals surface area contributed by atoms with Crippen molar-refractivity contribution >= 4 is 11.8 Å². The zero-order valence-electron chi connectivity index (χ0n) is 8.87. The molecule has 0 bridgehead atoms. The standard InChI is InChI=1S/C11H10F2N2S/c1-15-10(6-11(14-15)16-2)8-5-7(12)3-4-9(8)13/h3-6H,1-2H3. The Labute approximate surface area is 96.3 Å². The first-order valence-corrected chi connectivity index (χ1v) is 5.87. The van der Waals surface area contributed by atoms with Gasteiger partial charge in [-0.15, -0.1) is 11.8 Å². The van der Waals surface area contributed by atoms with Gasteiger partial charge in [-0.3, -0.25) is 4.68 Å². The molecule has 0 spiro atoms. The zero-order chi connectivity index (χ0) is 11.7. The van der Waals surface area contributed by atoms with E-state index in [2.05, 4.69) is 5.10 Å². The van der Waals surface area contributed by atoms with Crippen LogP contribution in [0.3, 0.4) is 0 Å². The van der Waals surface area contributed by atoms with Crippen LogP contribution in [-0.4, -0.2) is 16.0 Å². The number of rotatable bonds is 2. The molecule has 2 aromatic rings. The van der Waals surface area contributed by atoms with Gasteiger partial charge in [0.2, 0.25) is 0 Å². The van der Waals surface area contributed by atoms with Crippen LogP contribution in [0.5, 0.6) is 0 Å². The van der Waals surface area contributed by atoms with Crippen LogP contribution in [0.4, 0.5) is 8.78 Å². The molecule has 0 saturated heterocycles. The van der Waals surface area contributed by atoms with Gasteiger partial charge < -0.3 is 0 Å². The first-order chi connectivity index (χ1) is 7.61. The van der Waals surface area contributed by atoms with E-state index >= 15 is 0 Å². The second-order valence-electron chi connectivity index (χ2n) is 3.32. The highest BCUT2D eigenvalue weighted by molar-refractivity contribution is 7.98. The van der Waals surface area contributed by atoms with Crippen LogP contribution in [0.2, 0.25) is 0 Å². The Morgan fingerprint density at radius 1 is 1.25 bits per heavy atom. The summed E-state index contributed by atoms with van der Waals surface area (Å²) in [4.78, 5) is 0. The fourth-order valence-electron chi connectivity index (χ4n) is 1.49. The number of halogens is 2. The minimum atomic E-state index is -0.455. The highest BCUT2D eigenvalue weighted by Crippen LogP contribution is 2.26. The van der Waals surface area contributed by atoms with E-state index in [1.165, 1.54) is 17.8 Å². The Hall–Kier alpha value is -1.36. The monoisotopic (exact) mass is 240 g/mol. The van der Waals surface area contributed by atoms with Crippen LogP contribution >= 0.6 is 11.8 Å². The van der Waals surface area contributed by atoms with Gasteiger partial charge in [0, 0.05) is 12.6 Å². The van der Waals surface area contributed by atoms with E-state index in [1.54, 1.807) is 17.8 Å². The molecule has 0 fully saturated rings. The number of aryl methyl sites for hydroxylation is 1. The van der Waals surface area contributed by atoms with Gasteiger partial charge in [0.1, 0.15) is 16.7 Å². The number of nitrogens with zero attached hydrogens (tertiary/aromatic N) is 2. The molecule has 0 unspecified atom stereocenters. The molecular weight excluding hydrogens is 230 g/mol. The van der Waals surface area contributed by atoms with Crippen molar-refractivity contribution in [1.29, 1.82) is 0 Å². The van der Waals surface area contributed by atoms with Crippen molar-refractivity contribution in [2.45, 2.75) is 5.03 Å². The van der Waals surface area contributed by atoms with E-state index in [0.29, 0.717) is 5.69 Å². The summed E-state index contributed by atoms with van der Waals surface area (Å²) < 4.78 is 28.1. The van der Waals surface area contributed by atoms with E-state index in [1.807, 2.05) is 6.26 Å². The molecule has 2 nitrogen and oxygen atoms in total. The highest BCUT2D eigenvalue weighted by Gasteiger charge is 2.12. The number of benzene rings is 1. The molecule has 0 aliphatic heterocycles. The normalized spacial score (nSPS) is 10.8. The fourth-order valence-corrected chi connectivity index (χ4v) is 1.92. The highest BCUT2D eigenvalue weighted by atomic mass is 32.2. The molecule has 5 heteroatoms. The molecule has 0 saturated carbocycles. The summed E-state index contributed by atoms with van der Waals surface area (Å²) in [7, 11) is 1.71. The van der Waals surface area contributed by atoms with E-state index in [0.717, 1.165) is 17.2 Å². The molecule has 0 aliphatic rings. The Morgan fingerprint density at radius 3 is 2.62 bits per heavy atom. The van der Waals surface area contributed by atoms with Gasteiger partial charge in [0.25, 0.3) is 0 Å². The second-order valence-corrected chi connectivity index (χ2v) is 4.15.